The van der Waals surface area contributed by atoms with Crippen LogP contribution in [0.25, 0.3) is 0 Å². The van der Waals surface area contributed by atoms with Crippen LogP contribution in [0.1, 0.15) is 27.7 Å². The van der Waals surface area contributed by atoms with Gasteiger partial charge in [0.2, 0.25) is 0 Å². The van der Waals surface area contributed by atoms with E-state index < -0.39 is 8.32 Å². The maximum absolute atomic E-state index is 11.9. The number of hydrogen-bond acceptors (Lipinski definition) is 11. The summed E-state index contributed by atoms with van der Waals surface area (Å²) in [5.41, 5.74) is 0. The molecule has 0 N–H and O–H groups in total. The van der Waals surface area contributed by atoms with Gasteiger partial charge in [0.15, 0.2) is 0 Å². The Labute approximate surface area is 217 Å². The number of rotatable bonds is 24. The lowest BCUT2D eigenvalue weighted by Crippen LogP contribution is -2.43. The smallest absolute Gasteiger partial charge is 0.318 e. The lowest BCUT2D eigenvalue weighted by molar-refractivity contribution is -0.143. The molecule has 0 aliphatic heterocycles. The van der Waals surface area contributed by atoms with E-state index in [1.165, 1.54) is 6.92 Å². The second-order valence-corrected chi connectivity index (χ2v) is 14.0. The van der Waals surface area contributed by atoms with Crippen LogP contribution in [0, 0.1) is 0 Å². The molecule has 0 saturated carbocycles. The predicted octanol–water partition coefficient (Wildman–Crippen LogP) is 2.21. The number of ether oxygens (including phenoxy) is 8. The van der Waals surface area contributed by atoms with Crippen LogP contribution < -0.4 is 0 Å². The highest BCUT2D eigenvalue weighted by Crippen LogP contribution is 2.36. The summed E-state index contributed by atoms with van der Waals surface area (Å²) in [7, 11) is -2.10. The molecule has 0 amide bonds. The third-order valence-corrected chi connectivity index (χ3v) is 9.51. The molecule has 0 aromatic rings. The third-order valence-electron chi connectivity index (χ3n) is 5.16. The predicted molar refractivity (Wildman–Crippen MR) is 136 cm³/mol. The average Bonchev–Trinajstić information content (AvgIpc) is 2.78. The molecular weight excluding hydrogens is 492 g/mol. The Balaban J connectivity index is 3.25. The van der Waals surface area contributed by atoms with Crippen molar-refractivity contribution in [3.63, 3.8) is 0 Å². The maximum Gasteiger partial charge on any atom is 0.318 e. The molecule has 12 heteroatoms. The summed E-state index contributed by atoms with van der Waals surface area (Å²) in [6.07, 6.45) is 0. The molecule has 11 nitrogen and oxygen atoms in total. The summed E-state index contributed by atoms with van der Waals surface area (Å²) < 4.78 is 47.9. The van der Waals surface area contributed by atoms with Gasteiger partial charge in [-0.1, -0.05) is 20.8 Å². The molecule has 0 aliphatic rings. The van der Waals surface area contributed by atoms with E-state index >= 15 is 0 Å². The normalized spacial score (nSPS) is 12.1. The summed E-state index contributed by atoms with van der Waals surface area (Å²) >= 11 is 0. The Morgan fingerprint density at radius 2 is 0.861 bits per heavy atom. The van der Waals surface area contributed by atoms with Crippen LogP contribution >= 0.6 is 0 Å². The monoisotopic (exact) mass is 540 g/mol. The Morgan fingerprint density at radius 3 is 1.17 bits per heavy atom. The summed E-state index contributed by atoms with van der Waals surface area (Å²) in [5.74, 6) is -0.633. The maximum atomic E-state index is 11.9. The van der Waals surface area contributed by atoms with Gasteiger partial charge in [0.1, 0.15) is 13.2 Å². The number of carbonyl (C=O) groups excluding carboxylic acids is 2. The van der Waals surface area contributed by atoms with Crippen LogP contribution in [0.15, 0.2) is 0 Å². The quantitative estimate of drug-likeness (QED) is 0.102. The van der Waals surface area contributed by atoms with Crippen molar-refractivity contribution in [1.29, 1.82) is 0 Å². The first-order valence-corrected chi connectivity index (χ1v) is 15.4. The van der Waals surface area contributed by atoms with E-state index in [4.69, 9.17) is 42.3 Å². The molecule has 0 radical (unpaired) electrons. The topological polar surface area (TPSA) is 117 Å². The van der Waals surface area contributed by atoms with Gasteiger partial charge in [-0.05, 0) is 18.1 Å². The standard InChI is InChI=1S/C24H48O11Si/c1-22(25)34-20-19-32-16-15-30-12-11-28-8-7-27-9-10-29-13-14-31-17-18-33-21-23(26)35-36(5,6)24(2,3)4/h7-21H2,1-6H3. The second-order valence-electron chi connectivity index (χ2n) is 9.30. The van der Waals surface area contributed by atoms with Crippen molar-refractivity contribution in [3.8, 4) is 0 Å². The first-order chi connectivity index (χ1) is 17.1. The van der Waals surface area contributed by atoms with Gasteiger partial charge in [-0.2, -0.15) is 0 Å². The molecule has 0 heterocycles. The molecule has 0 aliphatic carbocycles. The van der Waals surface area contributed by atoms with Crippen molar-refractivity contribution >= 4 is 20.3 Å². The molecule has 0 aromatic carbocycles. The first-order valence-electron chi connectivity index (χ1n) is 12.5. The van der Waals surface area contributed by atoms with Gasteiger partial charge in [0, 0.05) is 6.92 Å². The molecule has 0 rings (SSSR count). The van der Waals surface area contributed by atoms with Crippen molar-refractivity contribution in [1.82, 2.24) is 0 Å². The Morgan fingerprint density at radius 1 is 0.556 bits per heavy atom. The van der Waals surface area contributed by atoms with Crippen LogP contribution in [0.2, 0.25) is 18.1 Å². The van der Waals surface area contributed by atoms with Crippen molar-refractivity contribution in [2.75, 3.05) is 99.1 Å². The van der Waals surface area contributed by atoms with E-state index in [0.717, 1.165) is 0 Å². The highest BCUT2D eigenvalue weighted by molar-refractivity contribution is 6.75. The Bertz CT molecular complexity index is 553. The van der Waals surface area contributed by atoms with Gasteiger partial charge in [0.05, 0.1) is 85.9 Å². The summed E-state index contributed by atoms with van der Waals surface area (Å²) in [6, 6.07) is 0. The number of esters is 1. The average molecular weight is 541 g/mol. The molecule has 0 fully saturated rings. The van der Waals surface area contributed by atoms with E-state index in [0.29, 0.717) is 85.9 Å². The Hall–Kier alpha value is -1.12. The lowest BCUT2D eigenvalue weighted by Gasteiger charge is -2.35. The van der Waals surface area contributed by atoms with Crippen LogP contribution in [0.4, 0.5) is 0 Å². The van der Waals surface area contributed by atoms with E-state index in [9.17, 15) is 9.59 Å². The Kier molecular flexibility index (Phi) is 21.2. The van der Waals surface area contributed by atoms with Crippen molar-refractivity contribution in [2.24, 2.45) is 0 Å². The van der Waals surface area contributed by atoms with Crippen LogP contribution in [0.3, 0.4) is 0 Å². The first kappa shape index (κ1) is 34.9. The van der Waals surface area contributed by atoms with Crippen molar-refractivity contribution in [2.45, 2.75) is 45.8 Å². The highest BCUT2D eigenvalue weighted by atomic mass is 28.4. The SMILES string of the molecule is CC(=O)OCCOCCOCCOCCOCCOCCOCCOCC(=O)O[Si](C)(C)C(C)(C)C. The van der Waals surface area contributed by atoms with Crippen molar-refractivity contribution < 1.29 is 51.9 Å². The van der Waals surface area contributed by atoms with E-state index in [1.54, 1.807) is 0 Å². The van der Waals surface area contributed by atoms with Gasteiger partial charge in [-0.25, -0.2) is 0 Å². The molecule has 0 unspecified atom stereocenters. The summed E-state index contributed by atoms with van der Waals surface area (Å²) in [6.45, 7) is 17.6. The molecule has 0 bridgehead atoms. The minimum absolute atomic E-state index is 0.0208. The van der Waals surface area contributed by atoms with Gasteiger partial charge in [-0.15, -0.1) is 0 Å². The zero-order valence-electron chi connectivity index (χ0n) is 23.1. The number of carbonyl (C=O) groups is 2. The summed E-state index contributed by atoms with van der Waals surface area (Å²) in [5, 5.41) is -0.0208. The lowest BCUT2D eigenvalue weighted by atomic mass is 10.2. The van der Waals surface area contributed by atoms with Crippen LogP contribution in [-0.4, -0.2) is 119 Å². The molecule has 0 saturated heterocycles. The van der Waals surface area contributed by atoms with Gasteiger partial charge in [-0.3, -0.25) is 9.59 Å². The van der Waals surface area contributed by atoms with Gasteiger partial charge in [0.25, 0.3) is 8.32 Å². The van der Waals surface area contributed by atoms with Gasteiger partial charge >= 0.3 is 11.9 Å². The van der Waals surface area contributed by atoms with Crippen LogP contribution in [-0.2, 0) is 51.9 Å². The third kappa shape index (κ3) is 22.1. The zero-order chi connectivity index (χ0) is 27.1. The van der Waals surface area contributed by atoms with Crippen LogP contribution in [0.5, 0.6) is 0 Å². The van der Waals surface area contributed by atoms with Crippen molar-refractivity contribution in [3.05, 3.63) is 0 Å². The molecular formula is C24H48O11Si. The second kappa shape index (κ2) is 21.9. The molecule has 0 spiro atoms. The van der Waals surface area contributed by atoms with E-state index in [1.807, 2.05) is 13.1 Å². The molecule has 0 aromatic heterocycles. The molecule has 36 heavy (non-hydrogen) atoms. The number of hydrogen-bond donors (Lipinski definition) is 0. The molecule has 214 valence electrons. The molecule has 0 atom stereocenters. The fourth-order valence-electron chi connectivity index (χ4n) is 2.19. The highest BCUT2D eigenvalue weighted by Gasteiger charge is 2.40. The fraction of sp³-hybridized carbons (Fsp3) is 0.917. The largest absolute Gasteiger partial charge is 0.517 e. The van der Waals surface area contributed by atoms with Gasteiger partial charge < -0.3 is 42.3 Å². The zero-order valence-corrected chi connectivity index (χ0v) is 24.1. The van der Waals surface area contributed by atoms with E-state index in [-0.39, 0.29) is 30.2 Å². The minimum atomic E-state index is -2.10. The summed E-state index contributed by atoms with van der Waals surface area (Å²) in [4.78, 5) is 22.5. The minimum Gasteiger partial charge on any atom is -0.517 e. The fourth-order valence-corrected chi connectivity index (χ4v) is 3.12. The van der Waals surface area contributed by atoms with E-state index in [2.05, 4.69) is 20.8 Å².